The molecule has 0 bridgehead atoms. The number of nitrogens with two attached hydrogens (primary N) is 1. The van der Waals surface area contributed by atoms with Crippen molar-refractivity contribution in [1.82, 2.24) is 5.43 Å². The van der Waals surface area contributed by atoms with E-state index in [0.29, 0.717) is 10.0 Å². The first-order valence-corrected chi connectivity index (χ1v) is 7.71. The first-order valence-electron chi connectivity index (χ1n) is 6.54. The molecule has 0 aliphatic heterocycles. The van der Waals surface area contributed by atoms with Gasteiger partial charge in [0.05, 0.1) is 11.1 Å². The molecule has 0 aromatic heterocycles. The summed E-state index contributed by atoms with van der Waals surface area (Å²) in [5, 5.41) is 0.0650. The molecule has 2 aromatic rings. The van der Waals surface area contributed by atoms with E-state index in [0.717, 1.165) is 16.7 Å². The van der Waals surface area contributed by atoms with Crippen LogP contribution in [-0.2, 0) is 0 Å². The zero-order chi connectivity index (χ0) is 15.7. The topological polar surface area (TPSA) is 38.0 Å². The number of hydrogen-bond acceptors (Lipinski definition) is 2. The van der Waals surface area contributed by atoms with Crippen molar-refractivity contribution in [2.45, 2.75) is 26.8 Å². The maximum Gasteiger partial charge on any atom is 0.148 e. The highest BCUT2D eigenvalue weighted by molar-refractivity contribution is 9.10. The minimum atomic E-state index is -0.464. The normalized spacial score (nSPS) is 12.5. The largest absolute Gasteiger partial charge is 0.271 e. The molecule has 0 amide bonds. The molecular weight excluding hydrogens is 355 g/mol. The minimum Gasteiger partial charge on any atom is -0.271 e. The van der Waals surface area contributed by atoms with E-state index in [1.165, 1.54) is 5.56 Å². The summed E-state index contributed by atoms with van der Waals surface area (Å²) in [6, 6.07) is 7.09. The summed E-state index contributed by atoms with van der Waals surface area (Å²) >= 11 is 9.21. The van der Waals surface area contributed by atoms with E-state index in [2.05, 4.69) is 33.5 Å². The van der Waals surface area contributed by atoms with Gasteiger partial charge in [0.25, 0.3) is 0 Å². The SMILES string of the molecule is Cc1cc(C)c(C(NN)c2ccc(Br)c(Cl)c2F)c(C)c1. The van der Waals surface area contributed by atoms with Crippen LogP contribution in [0, 0.1) is 26.6 Å². The average molecular weight is 372 g/mol. The second-order valence-corrected chi connectivity index (χ2v) is 6.41. The summed E-state index contributed by atoms with van der Waals surface area (Å²) < 4.78 is 15.0. The number of hydrazine groups is 1. The highest BCUT2D eigenvalue weighted by Gasteiger charge is 2.22. The fourth-order valence-electron chi connectivity index (χ4n) is 2.74. The Hall–Kier alpha value is -0.940. The molecule has 5 heteroatoms. The number of hydrogen-bond donors (Lipinski definition) is 2. The minimum absolute atomic E-state index is 0.0650. The number of rotatable bonds is 3. The van der Waals surface area contributed by atoms with Crippen molar-refractivity contribution >= 4 is 27.5 Å². The molecule has 0 aliphatic rings. The van der Waals surface area contributed by atoms with Crippen LogP contribution in [0.3, 0.4) is 0 Å². The standard InChI is InChI=1S/C16H17BrClFN2/c1-8-6-9(2)13(10(3)7-8)16(21-20)11-4-5-12(17)14(18)15(11)19/h4-7,16,21H,20H2,1-3H3. The summed E-state index contributed by atoms with van der Waals surface area (Å²) in [5.41, 5.74) is 7.41. The third-order valence-corrected chi connectivity index (χ3v) is 4.83. The van der Waals surface area contributed by atoms with E-state index >= 15 is 0 Å². The third-order valence-electron chi connectivity index (χ3n) is 3.57. The maximum atomic E-state index is 14.5. The Kier molecular flexibility index (Phi) is 5.04. The van der Waals surface area contributed by atoms with Crippen molar-refractivity contribution < 1.29 is 4.39 Å². The zero-order valence-electron chi connectivity index (χ0n) is 12.1. The lowest BCUT2D eigenvalue weighted by Crippen LogP contribution is -2.30. The zero-order valence-corrected chi connectivity index (χ0v) is 14.4. The van der Waals surface area contributed by atoms with Crippen LogP contribution in [0.25, 0.3) is 0 Å². The highest BCUT2D eigenvalue weighted by atomic mass is 79.9. The Labute approximate surface area is 137 Å². The molecule has 2 nitrogen and oxygen atoms in total. The van der Waals surface area contributed by atoms with E-state index in [1.54, 1.807) is 12.1 Å². The summed E-state index contributed by atoms with van der Waals surface area (Å²) in [6.45, 7) is 6.03. The molecule has 1 unspecified atom stereocenters. The predicted octanol–water partition coefficient (Wildman–Crippen LogP) is 4.72. The van der Waals surface area contributed by atoms with Crippen LogP contribution in [-0.4, -0.2) is 0 Å². The van der Waals surface area contributed by atoms with Gasteiger partial charge in [-0.15, -0.1) is 0 Å². The molecule has 0 aliphatic carbocycles. The average Bonchev–Trinajstić information content (AvgIpc) is 2.41. The summed E-state index contributed by atoms with van der Waals surface area (Å²) in [4.78, 5) is 0. The molecule has 1 atom stereocenters. The Morgan fingerprint density at radius 2 is 1.76 bits per heavy atom. The molecule has 3 N–H and O–H groups in total. The molecule has 2 aromatic carbocycles. The fraction of sp³-hybridized carbons (Fsp3) is 0.250. The van der Waals surface area contributed by atoms with Gasteiger partial charge < -0.3 is 0 Å². The Morgan fingerprint density at radius 1 is 1.19 bits per heavy atom. The molecule has 112 valence electrons. The molecule has 0 radical (unpaired) electrons. The van der Waals surface area contributed by atoms with Crippen LogP contribution < -0.4 is 11.3 Å². The molecule has 2 rings (SSSR count). The van der Waals surface area contributed by atoms with Crippen molar-refractivity contribution in [2.75, 3.05) is 0 Å². The lowest BCUT2D eigenvalue weighted by Gasteiger charge is -2.23. The van der Waals surface area contributed by atoms with Gasteiger partial charge in [0.15, 0.2) is 0 Å². The molecule has 0 heterocycles. The van der Waals surface area contributed by atoms with Crippen LogP contribution in [0.1, 0.15) is 33.9 Å². The Bertz CT molecular complexity index is 665. The molecule has 21 heavy (non-hydrogen) atoms. The third kappa shape index (κ3) is 3.14. The first-order chi connectivity index (χ1) is 9.86. The highest BCUT2D eigenvalue weighted by Crippen LogP contribution is 2.35. The van der Waals surface area contributed by atoms with Gasteiger partial charge in [0, 0.05) is 10.0 Å². The summed E-state index contributed by atoms with van der Waals surface area (Å²) in [7, 11) is 0. The van der Waals surface area contributed by atoms with E-state index < -0.39 is 11.9 Å². The van der Waals surface area contributed by atoms with Gasteiger partial charge >= 0.3 is 0 Å². The second kappa shape index (κ2) is 6.44. The van der Waals surface area contributed by atoms with Crippen molar-refractivity contribution in [3.63, 3.8) is 0 Å². The Balaban J connectivity index is 2.64. The first kappa shape index (κ1) is 16.4. The van der Waals surface area contributed by atoms with Gasteiger partial charge in [-0.05, 0) is 59.5 Å². The van der Waals surface area contributed by atoms with Crippen molar-refractivity contribution in [3.8, 4) is 0 Å². The van der Waals surface area contributed by atoms with Crippen LogP contribution in [0.2, 0.25) is 5.02 Å². The maximum absolute atomic E-state index is 14.5. The van der Waals surface area contributed by atoms with Gasteiger partial charge in [-0.1, -0.05) is 35.4 Å². The number of nitrogens with one attached hydrogen (secondary N) is 1. The summed E-state index contributed by atoms with van der Waals surface area (Å²) in [5.74, 6) is 5.23. The lowest BCUT2D eigenvalue weighted by atomic mass is 9.90. The monoisotopic (exact) mass is 370 g/mol. The van der Waals surface area contributed by atoms with Crippen molar-refractivity contribution in [2.24, 2.45) is 5.84 Å². The molecule has 0 spiro atoms. The van der Waals surface area contributed by atoms with Crippen molar-refractivity contribution in [3.05, 3.63) is 67.4 Å². The molecule has 0 saturated carbocycles. The van der Waals surface area contributed by atoms with Crippen LogP contribution in [0.5, 0.6) is 0 Å². The number of aryl methyl sites for hydroxylation is 3. The Morgan fingerprint density at radius 3 is 2.29 bits per heavy atom. The van der Waals surface area contributed by atoms with Gasteiger partial charge in [-0.2, -0.15) is 0 Å². The molecule has 0 fully saturated rings. The van der Waals surface area contributed by atoms with Crippen LogP contribution >= 0.6 is 27.5 Å². The second-order valence-electron chi connectivity index (χ2n) is 5.18. The smallest absolute Gasteiger partial charge is 0.148 e. The van der Waals surface area contributed by atoms with Gasteiger partial charge in [0.1, 0.15) is 5.82 Å². The number of halogens is 3. The van der Waals surface area contributed by atoms with Crippen molar-refractivity contribution in [1.29, 1.82) is 0 Å². The van der Waals surface area contributed by atoms with Gasteiger partial charge in [0.2, 0.25) is 0 Å². The fourth-order valence-corrected chi connectivity index (χ4v) is 3.22. The van der Waals surface area contributed by atoms with E-state index in [4.69, 9.17) is 17.4 Å². The van der Waals surface area contributed by atoms with E-state index in [-0.39, 0.29) is 5.02 Å². The molecular formula is C16H17BrClFN2. The lowest BCUT2D eigenvalue weighted by molar-refractivity contribution is 0.557. The summed E-state index contributed by atoms with van der Waals surface area (Å²) in [6.07, 6.45) is 0. The number of benzene rings is 2. The van der Waals surface area contributed by atoms with E-state index in [9.17, 15) is 4.39 Å². The van der Waals surface area contributed by atoms with E-state index in [1.807, 2.05) is 20.8 Å². The predicted molar refractivity (Wildman–Crippen MR) is 88.9 cm³/mol. The molecule has 0 saturated heterocycles. The van der Waals surface area contributed by atoms with Gasteiger partial charge in [-0.3, -0.25) is 5.84 Å². The van der Waals surface area contributed by atoms with Gasteiger partial charge in [-0.25, -0.2) is 9.82 Å². The quantitative estimate of drug-likeness (QED) is 0.465. The van der Waals surface area contributed by atoms with Crippen LogP contribution in [0.4, 0.5) is 4.39 Å². The van der Waals surface area contributed by atoms with Crippen LogP contribution in [0.15, 0.2) is 28.7 Å².